The monoisotopic (exact) mass is 390 g/mol. The molecule has 0 aliphatic rings. The Morgan fingerprint density at radius 1 is 1.38 bits per heavy atom. The first kappa shape index (κ1) is 16.1. The van der Waals surface area contributed by atoms with Crippen molar-refractivity contribution in [3.05, 3.63) is 45.8 Å². The molecule has 0 saturated heterocycles. The summed E-state index contributed by atoms with van der Waals surface area (Å²) in [6.45, 7) is 3.61. The van der Waals surface area contributed by atoms with E-state index in [4.69, 9.17) is 15.9 Å². The summed E-state index contributed by atoms with van der Waals surface area (Å²) in [4.78, 5) is 11.9. The molecule has 7 nitrogen and oxygen atoms in total. The molecule has 1 amide bonds. The predicted molar refractivity (Wildman–Crippen MR) is 93.0 cm³/mol. The number of furan rings is 1. The van der Waals surface area contributed by atoms with Gasteiger partial charge in [-0.1, -0.05) is 6.07 Å². The summed E-state index contributed by atoms with van der Waals surface area (Å²) in [5.41, 5.74) is 14.7. The highest BCUT2D eigenvalue weighted by atomic mass is 79.9. The number of aryl methyl sites for hydroxylation is 1. The number of phenols is 1. The summed E-state index contributed by atoms with van der Waals surface area (Å²) in [5, 5.41) is 14.4. The maximum atomic E-state index is 11.9. The second-order valence-corrected chi connectivity index (χ2v) is 6.18. The van der Waals surface area contributed by atoms with Crippen LogP contribution >= 0.6 is 15.9 Å². The SMILES string of the molecule is Cc1ccc(O)c(C)c1-n1nc(-c2coc(Br)c2)c(C(N)=O)c1N. The van der Waals surface area contributed by atoms with Crippen molar-refractivity contribution in [1.82, 2.24) is 9.78 Å². The number of anilines is 1. The number of carbonyl (C=O) groups excluding carboxylic acids is 1. The lowest BCUT2D eigenvalue weighted by Crippen LogP contribution is -2.14. The molecule has 0 saturated carbocycles. The van der Waals surface area contributed by atoms with Crippen LogP contribution in [0, 0.1) is 13.8 Å². The quantitative estimate of drug-likeness (QED) is 0.634. The Kier molecular flexibility index (Phi) is 3.84. The molecule has 124 valence electrons. The van der Waals surface area contributed by atoms with Gasteiger partial charge in [-0.2, -0.15) is 5.10 Å². The average molecular weight is 391 g/mol. The maximum Gasteiger partial charge on any atom is 0.254 e. The van der Waals surface area contributed by atoms with E-state index in [1.54, 1.807) is 25.1 Å². The molecule has 0 atom stereocenters. The minimum Gasteiger partial charge on any atom is -0.508 e. The predicted octanol–water partition coefficient (Wildman–Crippen LogP) is 2.90. The first-order chi connectivity index (χ1) is 11.3. The molecule has 3 aromatic rings. The molecule has 2 heterocycles. The standard InChI is InChI=1S/C16H15BrN4O3/c1-7-3-4-10(22)8(2)14(7)21-15(18)12(16(19)23)13(20-21)9-5-11(17)24-6-9/h3-6,22H,18H2,1-2H3,(H2,19,23). The summed E-state index contributed by atoms with van der Waals surface area (Å²) in [7, 11) is 0. The number of benzene rings is 1. The van der Waals surface area contributed by atoms with Crippen molar-refractivity contribution in [3.63, 3.8) is 0 Å². The fourth-order valence-corrected chi connectivity index (χ4v) is 2.97. The number of hydrogen-bond acceptors (Lipinski definition) is 5. The normalized spacial score (nSPS) is 11.0. The van der Waals surface area contributed by atoms with Gasteiger partial charge in [0.2, 0.25) is 0 Å². The number of nitrogen functional groups attached to an aromatic ring is 1. The zero-order valence-electron chi connectivity index (χ0n) is 13.0. The molecule has 0 bridgehead atoms. The maximum absolute atomic E-state index is 11.9. The molecule has 8 heteroatoms. The number of nitrogens with zero attached hydrogens (tertiary/aromatic N) is 2. The van der Waals surface area contributed by atoms with Gasteiger partial charge in [0.15, 0.2) is 4.67 Å². The molecule has 24 heavy (non-hydrogen) atoms. The Bertz CT molecular complexity index is 959. The Hall–Kier alpha value is -2.74. The Labute approximate surface area is 146 Å². The van der Waals surface area contributed by atoms with E-state index in [1.165, 1.54) is 10.9 Å². The highest BCUT2D eigenvalue weighted by Crippen LogP contribution is 2.34. The zero-order chi connectivity index (χ0) is 17.6. The van der Waals surface area contributed by atoms with Gasteiger partial charge >= 0.3 is 0 Å². The molecule has 0 spiro atoms. The van der Waals surface area contributed by atoms with Crippen LogP contribution in [0.2, 0.25) is 0 Å². The summed E-state index contributed by atoms with van der Waals surface area (Å²) in [6, 6.07) is 5.01. The van der Waals surface area contributed by atoms with E-state index in [2.05, 4.69) is 21.0 Å². The van der Waals surface area contributed by atoms with Crippen molar-refractivity contribution < 1.29 is 14.3 Å². The molecule has 1 aromatic carbocycles. The fraction of sp³-hybridized carbons (Fsp3) is 0.125. The number of hydrogen-bond donors (Lipinski definition) is 3. The summed E-state index contributed by atoms with van der Waals surface area (Å²) in [5.74, 6) is -0.480. The summed E-state index contributed by atoms with van der Waals surface area (Å²) in [6.07, 6.45) is 1.45. The van der Waals surface area contributed by atoms with Gasteiger partial charge in [-0.25, -0.2) is 4.68 Å². The average Bonchev–Trinajstić information content (AvgIpc) is 3.08. The lowest BCUT2D eigenvalue weighted by atomic mass is 10.1. The smallest absolute Gasteiger partial charge is 0.254 e. The van der Waals surface area contributed by atoms with Gasteiger partial charge in [-0.05, 0) is 41.4 Å². The Balaban J connectivity index is 2.32. The second-order valence-electron chi connectivity index (χ2n) is 5.40. The number of aromatic hydroxyl groups is 1. The minimum absolute atomic E-state index is 0.102. The number of halogens is 1. The van der Waals surface area contributed by atoms with Crippen molar-refractivity contribution in [2.24, 2.45) is 5.73 Å². The van der Waals surface area contributed by atoms with Crippen LogP contribution in [0.15, 0.2) is 33.5 Å². The van der Waals surface area contributed by atoms with Crippen LogP contribution in [-0.4, -0.2) is 20.8 Å². The van der Waals surface area contributed by atoms with Crippen molar-refractivity contribution in [2.75, 3.05) is 5.73 Å². The van der Waals surface area contributed by atoms with Crippen LogP contribution in [0.4, 0.5) is 5.82 Å². The van der Waals surface area contributed by atoms with Gasteiger partial charge in [0, 0.05) is 17.2 Å². The van der Waals surface area contributed by atoms with Gasteiger partial charge < -0.3 is 21.0 Å². The van der Waals surface area contributed by atoms with Crippen LogP contribution in [0.1, 0.15) is 21.5 Å². The number of phenolic OH excluding ortho intramolecular Hbond substituents is 1. The minimum atomic E-state index is -0.693. The summed E-state index contributed by atoms with van der Waals surface area (Å²) >= 11 is 3.21. The van der Waals surface area contributed by atoms with Crippen LogP contribution in [0.5, 0.6) is 5.75 Å². The second kappa shape index (κ2) is 5.72. The topological polar surface area (TPSA) is 120 Å². The van der Waals surface area contributed by atoms with E-state index < -0.39 is 5.91 Å². The van der Waals surface area contributed by atoms with Gasteiger partial charge in [-0.15, -0.1) is 0 Å². The van der Waals surface area contributed by atoms with Crippen LogP contribution in [0.3, 0.4) is 0 Å². The van der Waals surface area contributed by atoms with E-state index in [1.807, 2.05) is 6.92 Å². The largest absolute Gasteiger partial charge is 0.508 e. The van der Waals surface area contributed by atoms with Gasteiger partial charge in [0.25, 0.3) is 5.91 Å². The van der Waals surface area contributed by atoms with Gasteiger partial charge in [0.05, 0.1) is 5.69 Å². The Morgan fingerprint density at radius 3 is 2.67 bits per heavy atom. The molecule has 3 rings (SSSR count). The van der Waals surface area contributed by atoms with Crippen LogP contribution in [0.25, 0.3) is 16.9 Å². The van der Waals surface area contributed by atoms with Crippen LogP contribution in [-0.2, 0) is 0 Å². The van der Waals surface area contributed by atoms with E-state index in [-0.39, 0.29) is 17.1 Å². The van der Waals surface area contributed by atoms with Gasteiger partial charge in [0.1, 0.15) is 29.1 Å². The highest BCUT2D eigenvalue weighted by molar-refractivity contribution is 9.10. The van der Waals surface area contributed by atoms with E-state index >= 15 is 0 Å². The fourth-order valence-electron chi connectivity index (χ4n) is 2.63. The number of carbonyl (C=O) groups is 1. The molecule has 0 fully saturated rings. The van der Waals surface area contributed by atoms with E-state index in [0.717, 1.165) is 5.56 Å². The highest BCUT2D eigenvalue weighted by Gasteiger charge is 2.25. The first-order valence-electron chi connectivity index (χ1n) is 7.03. The lowest BCUT2D eigenvalue weighted by Gasteiger charge is -2.12. The molecule has 0 unspecified atom stereocenters. The molecule has 0 aliphatic heterocycles. The third kappa shape index (κ3) is 2.44. The number of nitrogens with two attached hydrogens (primary N) is 2. The van der Waals surface area contributed by atoms with E-state index in [0.29, 0.717) is 27.2 Å². The molecular weight excluding hydrogens is 376 g/mol. The van der Waals surface area contributed by atoms with Crippen molar-refractivity contribution in [2.45, 2.75) is 13.8 Å². The number of aromatic nitrogens is 2. The lowest BCUT2D eigenvalue weighted by molar-refractivity contribution is 0.100. The molecule has 2 aromatic heterocycles. The molecule has 0 aliphatic carbocycles. The van der Waals surface area contributed by atoms with Crippen molar-refractivity contribution in [1.29, 1.82) is 0 Å². The molecule has 5 N–H and O–H groups in total. The third-order valence-electron chi connectivity index (χ3n) is 3.82. The molecule has 0 radical (unpaired) electrons. The van der Waals surface area contributed by atoms with Crippen LogP contribution < -0.4 is 11.5 Å². The van der Waals surface area contributed by atoms with Crippen molar-refractivity contribution >= 4 is 27.7 Å². The van der Waals surface area contributed by atoms with Gasteiger partial charge in [-0.3, -0.25) is 4.79 Å². The van der Waals surface area contributed by atoms with Crippen molar-refractivity contribution in [3.8, 4) is 22.7 Å². The number of amides is 1. The molecular formula is C16H15BrN4O3. The number of primary amides is 1. The van der Waals surface area contributed by atoms with E-state index in [9.17, 15) is 9.90 Å². The third-order valence-corrected chi connectivity index (χ3v) is 4.24. The zero-order valence-corrected chi connectivity index (χ0v) is 14.6. The summed E-state index contributed by atoms with van der Waals surface area (Å²) < 4.78 is 7.12. The Morgan fingerprint density at radius 2 is 2.08 bits per heavy atom. The number of rotatable bonds is 3. The first-order valence-corrected chi connectivity index (χ1v) is 7.82.